The maximum absolute atomic E-state index is 14.0. The number of hydroxylamine groups is 1. The Morgan fingerprint density at radius 1 is 1.19 bits per heavy atom. The Bertz CT molecular complexity index is 1410. The maximum Gasteiger partial charge on any atom is 0.319 e. The average molecular weight is 721 g/mol. The lowest BCUT2D eigenvalue weighted by Gasteiger charge is -2.53. The molecule has 4 atom stereocenters. The quantitative estimate of drug-likeness (QED) is 0.0675. The number of alkyl halides is 1. The van der Waals surface area contributed by atoms with Crippen LogP contribution in [0.3, 0.4) is 0 Å². The van der Waals surface area contributed by atoms with Crippen LogP contribution in [0.4, 0.5) is 5.13 Å². The normalized spacial score (nSPS) is 22.5. The van der Waals surface area contributed by atoms with Crippen molar-refractivity contribution in [2.24, 2.45) is 5.41 Å². The van der Waals surface area contributed by atoms with Crippen LogP contribution in [-0.4, -0.2) is 67.3 Å². The lowest BCUT2D eigenvalue weighted by Crippen LogP contribution is -2.74. The summed E-state index contributed by atoms with van der Waals surface area (Å²) in [6.45, 7) is 0.141. The van der Waals surface area contributed by atoms with E-state index in [1.807, 2.05) is 72.8 Å². The summed E-state index contributed by atoms with van der Waals surface area (Å²) in [6.07, 6.45) is 3.17. The molecular weight excluding hydrogens is 691 g/mol. The first-order valence-electron chi connectivity index (χ1n) is 13.0. The Morgan fingerprint density at radius 2 is 1.86 bits per heavy atom. The molecule has 3 aromatic rings. The molecule has 2 fully saturated rings. The van der Waals surface area contributed by atoms with Crippen LogP contribution in [0.5, 0.6) is 0 Å². The molecule has 2 amide bonds. The predicted molar refractivity (Wildman–Crippen MR) is 168 cm³/mol. The number of rotatable bonds is 11. The van der Waals surface area contributed by atoms with Crippen LogP contribution >= 0.6 is 45.9 Å². The number of ether oxygens (including phenoxy) is 1. The van der Waals surface area contributed by atoms with E-state index in [2.05, 4.69) is 42.7 Å². The largest absolute Gasteiger partial charge is 0.452 e. The Morgan fingerprint density at radius 3 is 2.43 bits per heavy atom. The van der Waals surface area contributed by atoms with Crippen LogP contribution in [-0.2, 0) is 24.0 Å². The van der Waals surface area contributed by atoms with Gasteiger partial charge in [-0.3, -0.25) is 14.4 Å². The van der Waals surface area contributed by atoms with Crippen LogP contribution in [0.25, 0.3) is 0 Å². The van der Waals surface area contributed by atoms with Gasteiger partial charge in [0, 0.05) is 28.3 Å². The van der Waals surface area contributed by atoms with Crippen LogP contribution in [0.1, 0.15) is 29.1 Å². The number of thioether (sulfide) groups is 1. The Kier molecular flexibility index (Phi) is 9.77. The number of amides is 2. The van der Waals surface area contributed by atoms with E-state index in [0.29, 0.717) is 10.2 Å². The third-order valence-corrected chi connectivity index (χ3v) is 9.59. The number of esters is 1. The molecule has 14 heteroatoms. The highest BCUT2D eigenvalue weighted by atomic mass is 127. The standard InChI is InChI=1S/C28H29IN6O5S2/c1-39-33-19(22-32-27(30)42-34-22)23(36)31-20-24(37)35-15-28(13-8-14-29,16-41-25(20)35)26(38)40-21(17-9-4-2-5-10-17)18-11-6-3-7-12-18/h2-13,19-21,25,33H,14-16H2,1H3,(H,31,36)(H2,30,32,34)/t19?,20?,25-,28?/m1/s1. The number of benzene rings is 2. The van der Waals surface area contributed by atoms with Gasteiger partial charge in [0.25, 0.3) is 0 Å². The summed E-state index contributed by atoms with van der Waals surface area (Å²) in [6, 6.07) is 17.3. The summed E-state index contributed by atoms with van der Waals surface area (Å²) in [5, 5.41) is 2.65. The molecule has 2 aliphatic rings. The van der Waals surface area contributed by atoms with Gasteiger partial charge in [-0.25, -0.2) is 4.98 Å². The van der Waals surface area contributed by atoms with E-state index in [1.165, 1.54) is 18.9 Å². The number of β-lactam (4-membered cyclic amide) rings is 1. The average Bonchev–Trinajstić information content (AvgIpc) is 3.46. The Labute approximate surface area is 264 Å². The van der Waals surface area contributed by atoms with Crippen LogP contribution in [0.2, 0.25) is 0 Å². The van der Waals surface area contributed by atoms with Gasteiger partial charge in [0.2, 0.25) is 11.8 Å². The van der Waals surface area contributed by atoms with Crippen molar-refractivity contribution < 1.29 is 24.0 Å². The second kappa shape index (κ2) is 13.5. The number of carbonyl (C=O) groups is 3. The SMILES string of the molecule is CONC(C(=O)NC1C(=O)N2CC(C=CCI)(C(=O)OC(c3ccccc3)c3ccccc3)CS[C@H]12)c1nsc(N)n1. The maximum atomic E-state index is 14.0. The Balaban J connectivity index is 1.32. The highest BCUT2D eigenvalue weighted by molar-refractivity contribution is 14.1. The summed E-state index contributed by atoms with van der Waals surface area (Å²) < 4.78 is 11.0. The van der Waals surface area contributed by atoms with Gasteiger partial charge in [-0.15, -0.1) is 11.8 Å². The van der Waals surface area contributed by atoms with Crippen molar-refractivity contribution >= 4 is 68.8 Å². The fourth-order valence-electron chi connectivity index (χ4n) is 4.91. The van der Waals surface area contributed by atoms with Gasteiger partial charge in [0.1, 0.15) is 16.8 Å². The molecule has 220 valence electrons. The Hall–Kier alpha value is -3.05. The first-order valence-corrected chi connectivity index (χ1v) is 16.4. The molecule has 0 spiro atoms. The third kappa shape index (κ3) is 6.32. The first-order chi connectivity index (χ1) is 20.4. The fraction of sp³-hybridized carbons (Fsp3) is 0.321. The van der Waals surface area contributed by atoms with Gasteiger partial charge >= 0.3 is 5.97 Å². The van der Waals surface area contributed by atoms with E-state index in [9.17, 15) is 14.4 Å². The smallest absolute Gasteiger partial charge is 0.319 e. The van der Waals surface area contributed by atoms with Crippen molar-refractivity contribution in [3.05, 3.63) is 89.8 Å². The van der Waals surface area contributed by atoms with Gasteiger partial charge < -0.3 is 25.5 Å². The van der Waals surface area contributed by atoms with E-state index < -0.39 is 35.5 Å². The van der Waals surface area contributed by atoms with Gasteiger partial charge in [0.05, 0.1) is 7.11 Å². The number of aromatic nitrogens is 2. The highest BCUT2D eigenvalue weighted by Gasteiger charge is 2.57. The van der Waals surface area contributed by atoms with E-state index in [4.69, 9.17) is 15.3 Å². The lowest BCUT2D eigenvalue weighted by molar-refractivity contribution is -0.162. The van der Waals surface area contributed by atoms with E-state index in [1.54, 1.807) is 4.90 Å². The minimum absolute atomic E-state index is 0.141. The summed E-state index contributed by atoms with van der Waals surface area (Å²) in [4.78, 5) is 51.1. The van der Waals surface area contributed by atoms with Crippen molar-refractivity contribution in [1.29, 1.82) is 0 Å². The highest BCUT2D eigenvalue weighted by Crippen LogP contribution is 2.44. The fourth-order valence-corrected chi connectivity index (χ4v) is 7.14. The van der Waals surface area contributed by atoms with Gasteiger partial charge in [0.15, 0.2) is 23.1 Å². The number of nitrogen functional groups attached to an aromatic ring is 1. The lowest BCUT2D eigenvalue weighted by atomic mass is 9.86. The number of carbonyl (C=O) groups excluding carboxylic acids is 3. The summed E-state index contributed by atoms with van der Waals surface area (Å²) in [5.74, 6) is -0.703. The molecule has 3 unspecified atom stereocenters. The van der Waals surface area contributed by atoms with Crippen molar-refractivity contribution in [1.82, 2.24) is 25.1 Å². The topological polar surface area (TPSA) is 149 Å². The van der Waals surface area contributed by atoms with Gasteiger partial charge in [-0.05, 0) is 11.1 Å². The summed E-state index contributed by atoms with van der Waals surface area (Å²) in [7, 11) is 1.37. The number of nitrogens with two attached hydrogens (primary N) is 1. The second-order valence-corrected chi connectivity index (χ2v) is 12.5. The zero-order valence-electron chi connectivity index (χ0n) is 22.5. The number of fused-ring (bicyclic) bond motifs is 1. The van der Waals surface area contributed by atoms with Gasteiger partial charge in [-0.1, -0.05) is 95.4 Å². The number of hydrogen-bond donors (Lipinski definition) is 3. The molecule has 2 aliphatic heterocycles. The number of anilines is 1. The summed E-state index contributed by atoms with van der Waals surface area (Å²) >= 11 is 4.60. The van der Waals surface area contributed by atoms with Crippen LogP contribution < -0.4 is 16.5 Å². The van der Waals surface area contributed by atoms with Crippen molar-refractivity contribution in [3.63, 3.8) is 0 Å². The minimum atomic E-state index is -1.05. The molecule has 0 bridgehead atoms. The molecule has 0 radical (unpaired) electrons. The molecule has 42 heavy (non-hydrogen) atoms. The monoisotopic (exact) mass is 720 g/mol. The molecule has 3 heterocycles. The van der Waals surface area contributed by atoms with E-state index in [-0.39, 0.29) is 28.8 Å². The molecule has 0 saturated carbocycles. The number of nitrogens with one attached hydrogen (secondary N) is 2. The van der Waals surface area contributed by atoms with Crippen LogP contribution in [0, 0.1) is 5.41 Å². The number of nitrogens with zero attached hydrogens (tertiary/aromatic N) is 3. The zero-order chi connectivity index (χ0) is 29.7. The molecule has 2 saturated heterocycles. The molecule has 2 aromatic carbocycles. The number of hydrogen-bond acceptors (Lipinski definition) is 11. The molecule has 0 aliphatic carbocycles. The van der Waals surface area contributed by atoms with E-state index in [0.717, 1.165) is 22.7 Å². The molecule has 11 nitrogen and oxygen atoms in total. The molecule has 5 rings (SSSR count). The summed E-state index contributed by atoms with van der Waals surface area (Å²) in [5.41, 5.74) is 8.89. The molecule has 1 aromatic heterocycles. The van der Waals surface area contributed by atoms with E-state index >= 15 is 0 Å². The second-order valence-electron chi connectivity index (χ2n) is 9.72. The van der Waals surface area contributed by atoms with Crippen LogP contribution in [0.15, 0.2) is 72.8 Å². The third-order valence-electron chi connectivity index (χ3n) is 6.98. The minimum Gasteiger partial charge on any atom is -0.452 e. The predicted octanol–water partition coefficient (Wildman–Crippen LogP) is 3.02. The molecule has 4 N–H and O–H groups in total. The van der Waals surface area contributed by atoms with Crippen molar-refractivity contribution in [2.75, 3.05) is 29.6 Å². The van der Waals surface area contributed by atoms with Crippen molar-refractivity contribution in [2.45, 2.75) is 23.6 Å². The number of allylic oxidation sites excluding steroid dienone is 1. The zero-order valence-corrected chi connectivity index (χ0v) is 26.3. The number of halogens is 1. The van der Waals surface area contributed by atoms with Crippen molar-refractivity contribution in [3.8, 4) is 0 Å². The van der Waals surface area contributed by atoms with Gasteiger partial charge in [-0.2, -0.15) is 9.85 Å². The first kappa shape index (κ1) is 30.4. The molecular formula is C28H29IN6O5S2.